The number of aryl methyl sites for hydroxylation is 2. The highest BCUT2D eigenvalue weighted by Crippen LogP contribution is 2.22. The molecular weight excluding hydrogens is 396 g/mol. The summed E-state index contributed by atoms with van der Waals surface area (Å²) in [5, 5.41) is 15.9. The summed E-state index contributed by atoms with van der Waals surface area (Å²) in [5.41, 5.74) is 3.19. The number of non-ortho nitro benzene ring substituents is 1. The first kappa shape index (κ1) is 22.3. The van der Waals surface area contributed by atoms with Crippen molar-refractivity contribution in [1.29, 1.82) is 0 Å². The van der Waals surface area contributed by atoms with Crippen molar-refractivity contribution >= 4 is 28.9 Å². The second-order valence-electron chi connectivity index (χ2n) is 7.78. The normalized spacial score (nSPS) is 13.5. The molecule has 1 heterocycles. The van der Waals surface area contributed by atoms with Gasteiger partial charge in [0.1, 0.15) is 0 Å². The van der Waals surface area contributed by atoms with Gasteiger partial charge in [-0.2, -0.15) is 0 Å². The predicted molar refractivity (Wildman–Crippen MR) is 120 cm³/mol. The molecule has 1 saturated heterocycles. The highest BCUT2D eigenvalue weighted by atomic mass is 16.6. The SMILES string of the molecule is Cc1ccc([N+](=O)[O-])cc1NC(=O)C(=O)NCCCc1ccc(N2CCCCC2)cc1. The lowest BCUT2D eigenvalue weighted by Gasteiger charge is -2.28. The Balaban J connectivity index is 1.42. The molecule has 0 bridgehead atoms. The predicted octanol–water partition coefficient (Wildman–Crippen LogP) is 3.58. The molecule has 1 aliphatic heterocycles. The number of hydrogen-bond acceptors (Lipinski definition) is 5. The second-order valence-corrected chi connectivity index (χ2v) is 7.78. The van der Waals surface area contributed by atoms with Crippen LogP contribution in [0.4, 0.5) is 17.1 Å². The highest BCUT2D eigenvalue weighted by molar-refractivity contribution is 6.39. The number of carbonyl (C=O) groups is 2. The third-order valence-corrected chi connectivity index (χ3v) is 5.47. The second kappa shape index (κ2) is 10.6. The lowest BCUT2D eigenvalue weighted by atomic mass is 10.1. The number of benzene rings is 2. The van der Waals surface area contributed by atoms with E-state index in [2.05, 4.69) is 39.8 Å². The van der Waals surface area contributed by atoms with Gasteiger partial charge in [0.15, 0.2) is 0 Å². The zero-order chi connectivity index (χ0) is 22.2. The Morgan fingerprint density at radius 2 is 1.74 bits per heavy atom. The Labute approximate surface area is 181 Å². The van der Waals surface area contributed by atoms with Gasteiger partial charge in [-0.3, -0.25) is 19.7 Å². The maximum atomic E-state index is 12.1. The highest BCUT2D eigenvalue weighted by Gasteiger charge is 2.16. The minimum Gasteiger partial charge on any atom is -0.372 e. The molecule has 0 radical (unpaired) electrons. The number of nitro benzene ring substituents is 1. The number of piperidine rings is 1. The molecule has 0 saturated carbocycles. The minimum atomic E-state index is -0.838. The van der Waals surface area contributed by atoms with Gasteiger partial charge < -0.3 is 15.5 Å². The third-order valence-electron chi connectivity index (χ3n) is 5.47. The summed E-state index contributed by atoms with van der Waals surface area (Å²) in [4.78, 5) is 36.9. The first-order chi connectivity index (χ1) is 14.9. The number of rotatable bonds is 7. The van der Waals surface area contributed by atoms with E-state index in [1.165, 1.54) is 48.7 Å². The number of nitrogens with one attached hydrogen (secondary N) is 2. The van der Waals surface area contributed by atoms with Crippen LogP contribution in [0.3, 0.4) is 0 Å². The molecule has 0 atom stereocenters. The van der Waals surface area contributed by atoms with E-state index in [4.69, 9.17) is 0 Å². The number of nitro groups is 1. The molecule has 1 fully saturated rings. The molecule has 0 aliphatic carbocycles. The Bertz CT molecular complexity index is 937. The largest absolute Gasteiger partial charge is 0.372 e. The van der Waals surface area contributed by atoms with Crippen molar-refractivity contribution in [2.24, 2.45) is 0 Å². The fraction of sp³-hybridized carbons (Fsp3) is 0.391. The van der Waals surface area contributed by atoms with E-state index in [0.29, 0.717) is 18.5 Å². The van der Waals surface area contributed by atoms with Gasteiger partial charge in [0.2, 0.25) is 0 Å². The lowest BCUT2D eigenvalue weighted by molar-refractivity contribution is -0.384. The fourth-order valence-corrected chi connectivity index (χ4v) is 3.64. The summed E-state index contributed by atoms with van der Waals surface area (Å²) in [5.74, 6) is -1.60. The van der Waals surface area contributed by atoms with Crippen LogP contribution in [0.5, 0.6) is 0 Å². The van der Waals surface area contributed by atoms with Crippen LogP contribution in [0.2, 0.25) is 0 Å². The van der Waals surface area contributed by atoms with Gasteiger partial charge in [0.05, 0.1) is 10.6 Å². The van der Waals surface area contributed by atoms with E-state index in [9.17, 15) is 19.7 Å². The van der Waals surface area contributed by atoms with E-state index in [-0.39, 0.29) is 11.4 Å². The quantitative estimate of drug-likeness (QED) is 0.306. The minimum absolute atomic E-state index is 0.146. The molecule has 8 nitrogen and oxygen atoms in total. The van der Waals surface area contributed by atoms with E-state index in [0.717, 1.165) is 19.5 Å². The van der Waals surface area contributed by atoms with Crippen molar-refractivity contribution in [3.8, 4) is 0 Å². The smallest absolute Gasteiger partial charge is 0.313 e. The van der Waals surface area contributed by atoms with Crippen molar-refractivity contribution in [2.45, 2.75) is 39.0 Å². The lowest BCUT2D eigenvalue weighted by Crippen LogP contribution is -2.36. The Morgan fingerprint density at radius 1 is 1.03 bits per heavy atom. The van der Waals surface area contributed by atoms with Gasteiger partial charge in [-0.05, 0) is 62.3 Å². The number of carbonyl (C=O) groups excluding carboxylic acids is 2. The van der Waals surface area contributed by atoms with Gasteiger partial charge in [0, 0.05) is 37.5 Å². The standard InChI is InChI=1S/C23H28N4O4/c1-17-7-10-20(27(30)31)16-21(17)25-23(29)22(28)24-13-5-6-18-8-11-19(12-9-18)26-14-3-2-4-15-26/h7-12,16H,2-6,13-15H2,1H3,(H,24,28)(H,25,29). The van der Waals surface area contributed by atoms with Crippen molar-refractivity contribution < 1.29 is 14.5 Å². The molecule has 2 aromatic carbocycles. The summed E-state index contributed by atoms with van der Waals surface area (Å²) >= 11 is 0. The average Bonchev–Trinajstić information content (AvgIpc) is 2.78. The first-order valence-electron chi connectivity index (χ1n) is 10.6. The van der Waals surface area contributed by atoms with Crippen LogP contribution in [0, 0.1) is 17.0 Å². The Morgan fingerprint density at radius 3 is 2.42 bits per heavy atom. The first-order valence-corrected chi connectivity index (χ1v) is 10.6. The molecule has 2 aromatic rings. The van der Waals surface area contributed by atoms with Gasteiger partial charge >= 0.3 is 11.8 Å². The van der Waals surface area contributed by atoms with Crippen molar-refractivity contribution in [2.75, 3.05) is 29.9 Å². The van der Waals surface area contributed by atoms with Crippen LogP contribution in [-0.2, 0) is 16.0 Å². The van der Waals surface area contributed by atoms with Gasteiger partial charge in [0.25, 0.3) is 5.69 Å². The molecule has 0 unspecified atom stereocenters. The number of nitrogens with zero attached hydrogens (tertiary/aromatic N) is 2. The molecule has 31 heavy (non-hydrogen) atoms. The Kier molecular flexibility index (Phi) is 7.59. The van der Waals surface area contributed by atoms with Crippen LogP contribution >= 0.6 is 0 Å². The van der Waals surface area contributed by atoms with Gasteiger partial charge in [-0.1, -0.05) is 18.2 Å². The van der Waals surface area contributed by atoms with Crippen LogP contribution < -0.4 is 15.5 Å². The van der Waals surface area contributed by atoms with Crippen molar-refractivity contribution in [3.63, 3.8) is 0 Å². The maximum Gasteiger partial charge on any atom is 0.313 e. The number of anilines is 2. The molecule has 2 N–H and O–H groups in total. The van der Waals surface area contributed by atoms with Crippen molar-refractivity contribution in [3.05, 3.63) is 63.7 Å². The van der Waals surface area contributed by atoms with E-state index in [1.54, 1.807) is 6.92 Å². The third kappa shape index (κ3) is 6.28. The monoisotopic (exact) mass is 424 g/mol. The van der Waals surface area contributed by atoms with E-state index < -0.39 is 16.7 Å². The molecular formula is C23H28N4O4. The number of amides is 2. The molecule has 0 aromatic heterocycles. The van der Waals surface area contributed by atoms with Crippen LogP contribution in [0.15, 0.2) is 42.5 Å². The van der Waals surface area contributed by atoms with Gasteiger partial charge in [-0.25, -0.2) is 0 Å². The fourth-order valence-electron chi connectivity index (χ4n) is 3.64. The topological polar surface area (TPSA) is 105 Å². The summed E-state index contributed by atoms with van der Waals surface area (Å²) in [6, 6.07) is 12.6. The Hall–Kier alpha value is -3.42. The molecule has 164 valence electrons. The molecule has 1 aliphatic rings. The zero-order valence-electron chi connectivity index (χ0n) is 17.7. The summed E-state index contributed by atoms with van der Waals surface area (Å²) in [6.45, 7) is 4.30. The molecule has 2 amide bonds. The summed E-state index contributed by atoms with van der Waals surface area (Å²) in [6.07, 6.45) is 5.30. The van der Waals surface area contributed by atoms with Gasteiger partial charge in [-0.15, -0.1) is 0 Å². The summed E-state index contributed by atoms with van der Waals surface area (Å²) < 4.78 is 0. The zero-order valence-corrected chi connectivity index (χ0v) is 17.7. The van der Waals surface area contributed by atoms with E-state index >= 15 is 0 Å². The van der Waals surface area contributed by atoms with Crippen LogP contribution in [0.25, 0.3) is 0 Å². The average molecular weight is 425 g/mol. The van der Waals surface area contributed by atoms with Crippen LogP contribution in [-0.4, -0.2) is 36.4 Å². The maximum absolute atomic E-state index is 12.1. The van der Waals surface area contributed by atoms with Crippen molar-refractivity contribution in [1.82, 2.24) is 5.32 Å². The van der Waals surface area contributed by atoms with E-state index in [1.807, 2.05) is 0 Å². The molecule has 0 spiro atoms. The molecule has 8 heteroatoms. The molecule has 3 rings (SSSR count). The van der Waals surface area contributed by atoms with Crippen LogP contribution in [0.1, 0.15) is 36.8 Å². The number of hydrogen-bond donors (Lipinski definition) is 2. The summed E-state index contributed by atoms with van der Waals surface area (Å²) in [7, 11) is 0.